The van der Waals surface area contributed by atoms with Gasteiger partial charge in [0, 0.05) is 6.20 Å². The molecule has 4 nitrogen and oxygen atoms in total. The number of carbonyl (C=O) groups excluding carboxylic acids is 1. The number of hydrogen-bond acceptors (Lipinski definition) is 3. The molecular formula is C16H15F3N2O2. The predicted octanol–water partition coefficient (Wildman–Crippen LogP) is 2.34. The summed E-state index contributed by atoms with van der Waals surface area (Å²) in [4.78, 5) is 15.2. The molecule has 7 heteroatoms. The van der Waals surface area contributed by atoms with Gasteiger partial charge in [0.25, 0.3) is 5.91 Å². The summed E-state index contributed by atoms with van der Waals surface area (Å²) in [5, 5.41) is 12.3. The number of nitrogens with zero attached hydrogens (tertiary/aromatic N) is 1. The van der Waals surface area contributed by atoms with Crippen molar-refractivity contribution < 1.29 is 23.1 Å². The third-order valence-corrected chi connectivity index (χ3v) is 3.33. The molecule has 0 spiro atoms. The fourth-order valence-corrected chi connectivity index (χ4v) is 1.94. The molecular weight excluding hydrogens is 309 g/mol. The molecule has 0 radical (unpaired) electrons. The molecule has 2 aromatic rings. The van der Waals surface area contributed by atoms with Gasteiger partial charge >= 0.3 is 5.92 Å². The summed E-state index contributed by atoms with van der Waals surface area (Å²) in [6, 6.07) is 8.74. The van der Waals surface area contributed by atoms with Gasteiger partial charge in [-0.15, -0.1) is 0 Å². The number of aromatic nitrogens is 1. The molecule has 0 aliphatic heterocycles. The van der Waals surface area contributed by atoms with Crippen molar-refractivity contribution in [3.63, 3.8) is 0 Å². The van der Waals surface area contributed by atoms with Gasteiger partial charge in [-0.3, -0.25) is 9.78 Å². The summed E-state index contributed by atoms with van der Waals surface area (Å²) in [5.41, 5.74) is -2.01. The largest absolute Gasteiger partial charge is 0.384 e. The number of carbonyl (C=O) groups is 1. The van der Waals surface area contributed by atoms with E-state index in [2.05, 4.69) is 4.98 Å². The van der Waals surface area contributed by atoms with Gasteiger partial charge < -0.3 is 10.4 Å². The first-order valence-electron chi connectivity index (χ1n) is 6.79. The highest BCUT2D eigenvalue weighted by atomic mass is 19.3. The van der Waals surface area contributed by atoms with Crippen LogP contribution in [0, 0.1) is 5.82 Å². The number of nitrogens with one attached hydrogen (secondary N) is 1. The third kappa shape index (κ3) is 3.87. The topological polar surface area (TPSA) is 62.2 Å². The smallest absolute Gasteiger partial charge is 0.366 e. The van der Waals surface area contributed by atoms with Gasteiger partial charge in [0.05, 0.1) is 6.54 Å². The van der Waals surface area contributed by atoms with Crippen molar-refractivity contribution >= 4 is 5.91 Å². The van der Waals surface area contributed by atoms with E-state index in [1.54, 1.807) is 0 Å². The summed E-state index contributed by atoms with van der Waals surface area (Å²) < 4.78 is 40.8. The maximum atomic E-state index is 14.0. The quantitative estimate of drug-likeness (QED) is 0.887. The molecule has 2 N–H and O–H groups in total. The summed E-state index contributed by atoms with van der Waals surface area (Å²) in [6.45, 7) is 0.874. The number of aliphatic hydroxyl groups is 1. The molecule has 1 heterocycles. The molecule has 0 aliphatic carbocycles. The zero-order valence-electron chi connectivity index (χ0n) is 12.3. The van der Waals surface area contributed by atoms with Crippen molar-refractivity contribution in [1.29, 1.82) is 0 Å². The minimum absolute atomic E-state index is 0.292. The molecule has 23 heavy (non-hydrogen) atoms. The lowest BCUT2D eigenvalue weighted by Gasteiger charge is -2.25. The molecule has 1 aromatic carbocycles. The van der Waals surface area contributed by atoms with Crippen molar-refractivity contribution in [3.05, 3.63) is 65.7 Å². The number of hydrogen-bond donors (Lipinski definition) is 2. The average molecular weight is 324 g/mol. The van der Waals surface area contributed by atoms with Crippen LogP contribution >= 0.6 is 0 Å². The van der Waals surface area contributed by atoms with E-state index in [1.165, 1.54) is 31.2 Å². The van der Waals surface area contributed by atoms with E-state index in [-0.39, 0.29) is 0 Å². The number of rotatable bonds is 5. The van der Waals surface area contributed by atoms with Crippen LogP contribution in [0.2, 0.25) is 0 Å². The fraction of sp³-hybridized carbons (Fsp3) is 0.250. The van der Waals surface area contributed by atoms with Gasteiger partial charge in [-0.25, -0.2) is 4.39 Å². The molecule has 0 bridgehead atoms. The van der Waals surface area contributed by atoms with E-state index in [9.17, 15) is 23.1 Å². The lowest BCUT2D eigenvalue weighted by atomic mass is 9.96. The summed E-state index contributed by atoms with van der Waals surface area (Å²) in [5.74, 6) is -5.88. The van der Waals surface area contributed by atoms with Crippen molar-refractivity contribution in [2.45, 2.75) is 18.4 Å². The molecule has 0 fully saturated rings. The van der Waals surface area contributed by atoms with Crippen LogP contribution in [0.4, 0.5) is 13.2 Å². The van der Waals surface area contributed by atoms with Crippen LogP contribution < -0.4 is 5.32 Å². The van der Waals surface area contributed by atoms with Gasteiger partial charge in [-0.1, -0.05) is 18.2 Å². The zero-order chi connectivity index (χ0) is 17.1. The third-order valence-electron chi connectivity index (χ3n) is 3.33. The summed E-state index contributed by atoms with van der Waals surface area (Å²) in [7, 11) is 0. The molecule has 1 atom stereocenters. The number of benzene rings is 1. The van der Waals surface area contributed by atoms with Gasteiger partial charge in [0.15, 0.2) is 0 Å². The Hall–Kier alpha value is -2.41. The highest BCUT2D eigenvalue weighted by Crippen LogP contribution is 2.27. The number of amides is 1. The van der Waals surface area contributed by atoms with Gasteiger partial charge in [-0.05, 0) is 36.8 Å². The van der Waals surface area contributed by atoms with E-state index in [0.717, 1.165) is 24.4 Å². The standard InChI is InChI=1S/C16H15F3N2O2/c1-15(23,11-5-7-12(17)8-6-11)10-21-14(22)16(18,19)13-4-2-3-9-20-13/h2-9,23H,10H2,1H3,(H,21,22). The Morgan fingerprint density at radius 1 is 1.22 bits per heavy atom. The van der Waals surface area contributed by atoms with Gasteiger partial charge in [0.1, 0.15) is 17.1 Å². The second kappa shape index (κ2) is 6.37. The first-order valence-corrected chi connectivity index (χ1v) is 6.79. The van der Waals surface area contributed by atoms with Crippen LogP contribution in [0.5, 0.6) is 0 Å². The van der Waals surface area contributed by atoms with Crippen molar-refractivity contribution in [2.24, 2.45) is 0 Å². The monoisotopic (exact) mass is 324 g/mol. The Morgan fingerprint density at radius 2 is 1.87 bits per heavy atom. The van der Waals surface area contributed by atoms with Crippen molar-refractivity contribution in [3.8, 4) is 0 Å². The predicted molar refractivity (Wildman–Crippen MR) is 77.1 cm³/mol. The zero-order valence-corrected chi connectivity index (χ0v) is 12.3. The molecule has 1 unspecified atom stereocenters. The lowest BCUT2D eigenvalue weighted by Crippen LogP contribution is -2.45. The molecule has 0 aliphatic rings. The van der Waals surface area contributed by atoms with E-state index < -0.39 is 35.5 Å². The van der Waals surface area contributed by atoms with E-state index in [4.69, 9.17) is 0 Å². The lowest BCUT2D eigenvalue weighted by molar-refractivity contribution is -0.148. The summed E-state index contributed by atoms with van der Waals surface area (Å²) >= 11 is 0. The normalized spacial score (nSPS) is 14.1. The second-order valence-corrected chi connectivity index (χ2v) is 5.25. The Labute approximate surface area is 131 Å². The number of pyridine rings is 1. The first kappa shape index (κ1) is 17.0. The van der Waals surface area contributed by atoms with Crippen molar-refractivity contribution in [1.82, 2.24) is 10.3 Å². The van der Waals surface area contributed by atoms with Gasteiger partial charge in [-0.2, -0.15) is 8.78 Å². The van der Waals surface area contributed by atoms with E-state index in [1.807, 2.05) is 5.32 Å². The maximum absolute atomic E-state index is 14.0. The van der Waals surface area contributed by atoms with Crippen LogP contribution in [0.3, 0.4) is 0 Å². The molecule has 0 saturated heterocycles. The molecule has 0 saturated carbocycles. The van der Waals surface area contributed by atoms with E-state index >= 15 is 0 Å². The fourth-order valence-electron chi connectivity index (χ4n) is 1.94. The minimum atomic E-state index is -3.82. The highest BCUT2D eigenvalue weighted by molar-refractivity contribution is 5.84. The average Bonchev–Trinajstić information content (AvgIpc) is 2.54. The Balaban J connectivity index is 2.07. The van der Waals surface area contributed by atoms with Crippen LogP contribution in [-0.4, -0.2) is 22.5 Å². The highest BCUT2D eigenvalue weighted by Gasteiger charge is 2.43. The van der Waals surface area contributed by atoms with Gasteiger partial charge in [0.2, 0.25) is 0 Å². The first-order chi connectivity index (χ1) is 10.7. The van der Waals surface area contributed by atoms with Crippen LogP contribution in [0.1, 0.15) is 18.2 Å². The Kier molecular flexibility index (Phi) is 4.70. The second-order valence-electron chi connectivity index (χ2n) is 5.25. The maximum Gasteiger partial charge on any atom is 0.366 e. The molecule has 122 valence electrons. The number of halogens is 3. The molecule has 1 aromatic heterocycles. The molecule has 2 rings (SSSR count). The van der Waals surface area contributed by atoms with E-state index in [0.29, 0.717) is 5.56 Å². The van der Waals surface area contributed by atoms with Crippen LogP contribution in [-0.2, 0) is 16.3 Å². The summed E-state index contributed by atoms with van der Waals surface area (Å²) in [6.07, 6.45) is 1.16. The minimum Gasteiger partial charge on any atom is -0.384 e. The van der Waals surface area contributed by atoms with Crippen LogP contribution in [0.25, 0.3) is 0 Å². The van der Waals surface area contributed by atoms with Crippen LogP contribution in [0.15, 0.2) is 48.7 Å². The van der Waals surface area contributed by atoms with Crippen molar-refractivity contribution in [2.75, 3.05) is 6.54 Å². The Bertz CT molecular complexity index is 673. The Morgan fingerprint density at radius 3 is 2.43 bits per heavy atom. The molecule has 1 amide bonds. The number of alkyl halides is 2. The SMILES string of the molecule is CC(O)(CNC(=O)C(F)(F)c1ccccn1)c1ccc(F)cc1.